The van der Waals surface area contributed by atoms with Gasteiger partial charge in [-0.1, -0.05) is 335 Å². The lowest BCUT2D eigenvalue weighted by Crippen LogP contribution is -2.14. The van der Waals surface area contributed by atoms with Gasteiger partial charge < -0.3 is 4.42 Å². The minimum Gasteiger partial charge on any atom is -0.455 e. The Hall–Kier alpha value is -16.5. The summed E-state index contributed by atoms with van der Waals surface area (Å²) in [6.07, 6.45) is 5.65. The number of hydrogen-bond donors (Lipinski definition) is 0. The zero-order valence-corrected chi connectivity index (χ0v) is 69.8. The van der Waals surface area contributed by atoms with Gasteiger partial charge in [-0.3, -0.25) is 15.0 Å². The Kier molecular flexibility index (Phi) is 16.8. The van der Waals surface area contributed by atoms with Crippen molar-refractivity contribution in [3.8, 4) is 78.3 Å². The van der Waals surface area contributed by atoms with Crippen LogP contribution >= 0.6 is 11.3 Å². The summed E-state index contributed by atoms with van der Waals surface area (Å²) >= 11 is 1.87. The molecule has 0 radical (unpaired) electrons. The van der Waals surface area contributed by atoms with Crippen molar-refractivity contribution in [2.24, 2.45) is 0 Å². The molecule has 27 rings (SSSR count). The SMILES string of the molecule is [C-]#[N+]c1ccc2c(c1)C(C)(C)c1cc(-c3ccc(-c4nc5ccccc5c5c4ccc4ccc6cccnc6c45)cc3)ccc1-2.c1cnc2c(c1)ccc1ccc3c(-c4ccc(-c5cccc6c5oc5ccccc56)cc4)nc4ccccc4c3c12.c1cnc2c(c1)ccc1ccc3c(-c4ccc(-c5cccc6c5sc5ccccc56)cc4)nc4ccccc4c3c12. The summed E-state index contributed by atoms with van der Waals surface area (Å²) in [5, 5.41) is 25.9. The van der Waals surface area contributed by atoms with Crippen LogP contribution in [0.15, 0.2) is 399 Å². The van der Waals surface area contributed by atoms with E-state index in [1.54, 1.807) is 0 Å². The topological polar surface area (TPSA) is 94.8 Å². The summed E-state index contributed by atoms with van der Waals surface area (Å²) in [5.74, 6) is 0. The lowest BCUT2D eigenvalue weighted by atomic mass is 9.81. The lowest BCUT2D eigenvalue weighted by molar-refractivity contribution is 0.661. The van der Waals surface area contributed by atoms with E-state index in [2.05, 4.69) is 358 Å². The van der Waals surface area contributed by atoms with Crippen molar-refractivity contribution in [1.29, 1.82) is 0 Å². The van der Waals surface area contributed by atoms with Gasteiger partial charge in [0.2, 0.25) is 0 Å². The van der Waals surface area contributed by atoms with Crippen LogP contribution in [-0.2, 0) is 5.41 Å². The maximum absolute atomic E-state index is 7.49. The lowest BCUT2D eigenvalue weighted by Gasteiger charge is -2.22. The first-order valence-electron chi connectivity index (χ1n) is 42.9. The molecular weight excluding hydrogens is 1560 g/mol. The first kappa shape index (κ1) is 73.2. The maximum atomic E-state index is 7.49. The summed E-state index contributed by atoms with van der Waals surface area (Å²) in [4.78, 5) is 33.8. The largest absolute Gasteiger partial charge is 0.455 e. The summed E-state index contributed by atoms with van der Waals surface area (Å²) in [5.41, 5.74) is 26.7. The predicted molar refractivity (Wildman–Crippen MR) is 533 cm³/mol. The molecular formula is C118H71N7OS. The van der Waals surface area contributed by atoms with Gasteiger partial charge in [0.05, 0.1) is 56.8 Å². The molecule has 0 saturated heterocycles. The molecule has 0 spiro atoms. The van der Waals surface area contributed by atoms with Gasteiger partial charge in [0.15, 0.2) is 5.69 Å². The van der Waals surface area contributed by atoms with Crippen molar-refractivity contribution in [2.45, 2.75) is 19.3 Å². The number of hydrogen-bond acceptors (Lipinski definition) is 8. The molecule has 1 aliphatic rings. The number of rotatable bonds is 6. The fourth-order valence-corrected chi connectivity index (χ4v) is 21.4. The van der Waals surface area contributed by atoms with Gasteiger partial charge in [0.1, 0.15) is 11.2 Å². The van der Waals surface area contributed by atoms with Gasteiger partial charge in [-0.15, -0.1) is 11.3 Å². The molecule has 26 aromatic rings. The van der Waals surface area contributed by atoms with Crippen molar-refractivity contribution < 1.29 is 4.42 Å². The van der Waals surface area contributed by atoms with Gasteiger partial charge in [-0.25, -0.2) is 19.8 Å². The van der Waals surface area contributed by atoms with E-state index in [-0.39, 0.29) is 5.41 Å². The molecule has 0 bridgehead atoms. The number of pyridine rings is 6. The third-order valence-electron chi connectivity index (χ3n) is 26.3. The second kappa shape index (κ2) is 29.1. The molecule has 8 aromatic heterocycles. The molecule has 0 saturated carbocycles. The second-order valence-corrected chi connectivity index (χ2v) is 34.7. The van der Waals surface area contributed by atoms with Crippen LogP contribution in [0.25, 0.3) is 255 Å². The van der Waals surface area contributed by atoms with Crippen LogP contribution in [0.2, 0.25) is 0 Å². The third-order valence-corrected chi connectivity index (χ3v) is 27.5. The van der Waals surface area contributed by atoms with Crippen LogP contribution in [0.3, 0.4) is 0 Å². The summed E-state index contributed by atoms with van der Waals surface area (Å²) < 4.78 is 8.98. The maximum Gasteiger partial charge on any atom is 0.187 e. The molecule has 127 heavy (non-hydrogen) atoms. The summed E-state index contributed by atoms with van der Waals surface area (Å²) in [6, 6.07) is 133. The third kappa shape index (κ3) is 11.8. The van der Waals surface area contributed by atoms with E-state index in [9.17, 15) is 0 Å². The Morgan fingerprint density at radius 2 is 0.661 bits per heavy atom. The number of thiophene rings is 1. The normalized spacial score (nSPS) is 12.4. The van der Waals surface area contributed by atoms with Gasteiger partial charge in [-0.05, 0) is 121 Å². The highest BCUT2D eigenvalue weighted by Crippen LogP contribution is 2.52. The van der Waals surface area contributed by atoms with Crippen molar-refractivity contribution in [1.82, 2.24) is 29.9 Å². The van der Waals surface area contributed by atoms with E-state index >= 15 is 0 Å². The smallest absolute Gasteiger partial charge is 0.187 e. The number of furan rings is 1. The van der Waals surface area contributed by atoms with Crippen molar-refractivity contribution in [3.63, 3.8) is 0 Å². The first-order valence-corrected chi connectivity index (χ1v) is 43.8. The molecule has 0 aliphatic heterocycles. The highest BCUT2D eigenvalue weighted by atomic mass is 32.1. The molecule has 18 aromatic carbocycles. The highest BCUT2D eigenvalue weighted by Gasteiger charge is 2.36. The molecule has 9 heteroatoms. The van der Waals surface area contributed by atoms with Gasteiger partial charge in [-0.2, -0.15) is 0 Å². The van der Waals surface area contributed by atoms with Crippen molar-refractivity contribution in [2.75, 3.05) is 0 Å². The number of benzene rings is 18. The van der Waals surface area contributed by atoms with Crippen LogP contribution in [0, 0.1) is 6.57 Å². The van der Waals surface area contributed by atoms with Crippen LogP contribution in [0.4, 0.5) is 5.69 Å². The first-order chi connectivity index (χ1) is 62.7. The van der Waals surface area contributed by atoms with Crippen LogP contribution in [0.1, 0.15) is 25.0 Å². The van der Waals surface area contributed by atoms with E-state index in [0.29, 0.717) is 5.69 Å². The van der Waals surface area contributed by atoms with E-state index in [1.165, 1.54) is 113 Å². The number of para-hydroxylation sites is 5. The van der Waals surface area contributed by atoms with Crippen LogP contribution < -0.4 is 0 Å². The number of aromatic nitrogens is 6. The molecule has 590 valence electrons. The molecule has 8 nitrogen and oxygen atoms in total. The monoisotopic (exact) mass is 1630 g/mol. The molecule has 0 amide bonds. The second-order valence-electron chi connectivity index (χ2n) is 33.6. The Balaban J connectivity index is 0.000000104. The van der Waals surface area contributed by atoms with E-state index < -0.39 is 0 Å². The highest BCUT2D eigenvalue weighted by molar-refractivity contribution is 7.26. The van der Waals surface area contributed by atoms with E-state index in [4.69, 9.17) is 40.9 Å². The standard InChI is InChI=1S/C42H27N3.C38H22N2O.C38H22N2S/c1-42(2)35-23-29(17-19-31(35)32-21-18-30(43-3)24-36(32)42)25-10-13-28(14-11-25)40-34-20-16-26-12-15-27-7-6-22-44-41(27)38(26)39(34)33-8-4-5-9-37(33)45-40;2*1-3-12-32-30(9-1)35-31(21-20-24-16-19-25-7-6-22-39-37(25)34(24)35)36(40-32)26-17-14-23(15-18-26)27-10-5-11-29-28-8-2-4-13-33(28)41-38(27)29/h4-24H,1-2H3;2*1-22H. The fourth-order valence-electron chi connectivity index (χ4n) is 20.2. The zero-order valence-electron chi connectivity index (χ0n) is 69.0. The van der Waals surface area contributed by atoms with Gasteiger partial charge in [0, 0.05) is 158 Å². The minimum absolute atomic E-state index is 0.170. The molecule has 1 aliphatic carbocycles. The van der Waals surface area contributed by atoms with Crippen LogP contribution in [0.5, 0.6) is 0 Å². The molecule has 0 unspecified atom stereocenters. The zero-order chi connectivity index (χ0) is 84.1. The molecule has 0 atom stereocenters. The van der Waals surface area contributed by atoms with Crippen molar-refractivity contribution >= 4 is 189 Å². The average Bonchev–Trinajstić information content (AvgIpc) is 1.71. The Morgan fingerprint density at radius 3 is 1.17 bits per heavy atom. The predicted octanol–water partition coefficient (Wildman–Crippen LogP) is 32.4. The van der Waals surface area contributed by atoms with Crippen LogP contribution in [-0.4, -0.2) is 29.9 Å². The average molecular weight is 1630 g/mol. The van der Waals surface area contributed by atoms with Gasteiger partial charge >= 0.3 is 0 Å². The van der Waals surface area contributed by atoms with Gasteiger partial charge in [0.25, 0.3) is 0 Å². The van der Waals surface area contributed by atoms with E-state index in [0.717, 1.165) is 148 Å². The molecule has 0 N–H and O–H groups in total. The number of fused-ring (bicyclic) bond motifs is 30. The minimum atomic E-state index is -0.170. The Morgan fingerprint density at radius 1 is 0.276 bits per heavy atom. The summed E-state index contributed by atoms with van der Waals surface area (Å²) in [6.45, 7) is 12.0. The fraction of sp³-hybridized carbons (Fsp3) is 0.0254. The van der Waals surface area contributed by atoms with E-state index in [1.807, 2.05) is 66.3 Å². The quantitative estimate of drug-likeness (QED) is 0.121. The Labute approximate surface area is 733 Å². The van der Waals surface area contributed by atoms with Crippen molar-refractivity contribution in [3.05, 3.63) is 417 Å². The number of nitrogens with zero attached hydrogens (tertiary/aromatic N) is 7. The molecule has 0 fully saturated rings. The summed E-state index contributed by atoms with van der Waals surface area (Å²) in [7, 11) is 0. The Bertz CT molecular complexity index is 8850. The molecule has 8 heterocycles.